The summed E-state index contributed by atoms with van der Waals surface area (Å²) >= 11 is 0. The molecule has 2 heteroatoms. The molecule has 0 aliphatic carbocycles. The molecule has 1 aliphatic heterocycles. The third-order valence-corrected chi connectivity index (χ3v) is 1.12. The van der Waals surface area contributed by atoms with Crippen molar-refractivity contribution in [2.75, 3.05) is 0 Å². The van der Waals surface area contributed by atoms with Crippen molar-refractivity contribution in [3.05, 3.63) is 35.8 Å². The Labute approximate surface area is 59.7 Å². The molecule has 10 heavy (non-hydrogen) atoms. The lowest BCUT2D eigenvalue weighted by Gasteiger charge is -2.04. The minimum absolute atomic E-state index is 0.809. The first-order chi connectivity index (χ1) is 4.83. The summed E-state index contributed by atoms with van der Waals surface area (Å²) in [5, 5.41) is 8.27. The zero-order chi connectivity index (χ0) is 7.40. The van der Waals surface area contributed by atoms with Gasteiger partial charge in [0.2, 0.25) is 0 Å². The van der Waals surface area contributed by atoms with E-state index in [-0.39, 0.29) is 0 Å². The van der Waals surface area contributed by atoms with Crippen LogP contribution < -0.4 is 0 Å². The summed E-state index contributed by atoms with van der Waals surface area (Å²) in [7, 11) is 0. The van der Waals surface area contributed by atoms with Crippen LogP contribution in [0.1, 0.15) is 6.92 Å². The number of nitrogens with zero attached hydrogens (tertiary/aromatic N) is 1. The highest BCUT2D eigenvalue weighted by Crippen LogP contribution is 2.11. The van der Waals surface area contributed by atoms with E-state index in [0.717, 1.165) is 11.3 Å². The summed E-state index contributed by atoms with van der Waals surface area (Å²) in [4.78, 5) is 0. The molecule has 0 unspecified atom stereocenters. The van der Waals surface area contributed by atoms with Crippen molar-refractivity contribution >= 4 is 0 Å². The van der Waals surface area contributed by atoms with E-state index < -0.39 is 0 Å². The Hall–Kier alpha value is -1.49. The number of rotatable bonds is 0. The minimum Gasteiger partial charge on any atom is -0.470 e. The molecular formula is C8H7NO. The van der Waals surface area contributed by atoms with Gasteiger partial charge >= 0.3 is 0 Å². The molecule has 0 fully saturated rings. The van der Waals surface area contributed by atoms with E-state index in [2.05, 4.69) is 0 Å². The van der Waals surface area contributed by atoms with Crippen LogP contribution in [0.25, 0.3) is 0 Å². The van der Waals surface area contributed by atoms with Gasteiger partial charge in [-0.1, -0.05) is 0 Å². The molecule has 2 nitrogen and oxygen atoms in total. The van der Waals surface area contributed by atoms with Crippen LogP contribution in [0.5, 0.6) is 0 Å². The van der Waals surface area contributed by atoms with Gasteiger partial charge in [0.25, 0.3) is 0 Å². The second-order valence-corrected chi connectivity index (χ2v) is 1.95. The molecule has 0 aromatic heterocycles. The van der Waals surface area contributed by atoms with Crippen molar-refractivity contribution in [2.24, 2.45) is 0 Å². The number of hydrogen-bond donors (Lipinski definition) is 0. The predicted octanol–water partition coefficient (Wildman–Crippen LogP) is 1.88. The lowest BCUT2D eigenvalue weighted by Crippen LogP contribution is -1.86. The van der Waals surface area contributed by atoms with Crippen LogP contribution in [0.3, 0.4) is 0 Å². The Kier molecular flexibility index (Phi) is 1.91. The highest BCUT2D eigenvalue weighted by atomic mass is 16.5. The monoisotopic (exact) mass is 133 g/mol. The molecule has 1 heterocycles. The molecule has 1 rings (SSSR count). The van der Waals surface area contributed by atoms with Crippen molar-refractivity contribution < 1.29 is 4.74 Å². The average Bonchev–Trinajstić information content (AvgIpc) is 1.88. The Morgan fingerprint density at radius 2 is 2.50 bits per heavy atom. The maximum Gasteiger partial charge on any atom is 0.101 e. The van der Waals surface area contributed by atoms with Gasteiger partial charge < -0.3 is 4.74 Å². The summed E-state index contributed by atoms with van der Waals surface area (Å²) in [6.45, 7) is 1.84. The summed E-state index contributed by atoms with van der Waals surface area (Å²) in [5.41, 5.74) is 0.881. The van der Waals surface area contributed by atoms with Crippen molar-refractivity contribution in [2.45, 2.75) is 6.92 Å². The highest BCUT2D eigenvalue weighted by Gasteiger charge is 1.95. The molecule has 0 aromatic rings. The second kappa shape index (κ2) is 2.88. The Morgan fingerprint density at radius 3 is 3.10 bits per heavy atom. The quantitative estimate of drug-likeness (QED) is 0.473. The lowest BCUT2D eigenvalue weighted by molar-refractivity contribution is 0.349. The van der Waals surface area contributed by atoms with Crippen molar-refractivity contribution in [1.29, 1.82) is 5.26 Å². The number of allylic oxidation sites excluding steroid dienone is 5. The zero-order valence-electron chi connectivity index (χ0n) is 5.66. The van der Waals surface area contributed by atoms with Gasteiger partial charge in [-0.25, -0.2) is 0 Å². The molecule has 0 amide bonds. The fourth-order valence-electron chi connectivity index (χ4n) is 0.701. The van der Waals surface area contributed by atoms with Gasteiger partial charge in [-0.2, -0.15) is 5.26 Å². The summed E-state index contributed by atoms with van der Waals surface area (Å²) < 4.78 is 4.98. The molecular weight excluding hydrogens is 126 g/mol. The largest absolute Gasteiger partial charge is 0.470 e. The van der Waals surface area contributed by atoms with Crippen LogP contribution in [-0.2, 0) is 4.74 Å². The first-order valence-corrected chi connectivity index (χ1v) is 2.94. The van der Waals surface area contributed by atoms with Crippen LogP contribution in [-0.4, -0.2) is 0 Å². The van der Waals surface area contributed by atoms with Crippen LogP contribution in [0, 0.1) is 11.3 Å². The maximum absolute atomic E-state index is 8.27. The van der Waals surface area contributed by atoms with E-state index in [4.69, 9.17) is 10.00 Å². The second-order valence-electron chi connectivity index (χ2n) is 1.95. The SMILES string of the molecule is CC1=CC(=CC#N)C=CO1. The summed E-state index contributed by atoms with van der Waals surface area (Å²) in [6.07, 6.45) is 6.60. The van der Waals surface area contributed by atoms with E-state index in [0.29, 0.717) is 0 Å². The predicted molar refractivity (Wildman–Crippen MR) is 37.7 cm³/mol. The Morgan fingerprint density at radius 1 is 1.70 bits per heavy atom. The average molecular weight is 133 g/mol. The highest BCUT2D eigenvalue weighted by molar-refractivity contribution is 5.37. The third kappa shape index (κ3) is 1.49. The minimum atomic E-state index is 0.809. The Balaban J connectivity index is 2.82. The summed E-state index contributed by atoms with van der Waals surface area (Å²) in [5.74, 6) is 0.809. The molecule has 0 spiro atoms. The van der Waals surface area contributed by atoms with Crippen molar-refractivity contribution in [3.8, 4) is 6.07 Å². The topological polar surface area (TPSA) is 33.0 Å². The van der Waals surface area contributed by atoms with Crippen molar-refractivity contribution in [1.82, 2.24) is 0 Å². The fourth-order valence-corrected chi connectivity index (χ4v) is 0.701. The molecule has 0 atom stereocenters. The molecule has 0 bridgehead atoms. The van der Waals surface area contributed by atoms with Crippen LogP contribution >= 0.6 is 0 Å². The number of nitriles is 1. The van der Waals surface area contributed by atoms with Gasteiger partial charge in [0.15, 0.2) is 0 Å². The molecule has 0 saturated carbocycles. The van der Waals surface area contributed by atoms with E-state index >= 15 is 0 Å². The molecule has 1 aliphatic rings. The normalized spacial score (nSPS) is 19.6. The zero-order valence-corrected chi connectivity index (χ0v) is 5.66. The van der Waals surface area contributed by atoms with Gasteiger partial charge in [0, 0.05) is 6.08 Å². The first-order valence-electron chi connectivity index (χ1n) is 2.94. The number of hydrogen-bond acceptors (Lipinski definition) is 2. The van der Waals surface area contributed by atoms with E-state index in [1.165, 1.54) is 6.08 Å². The molecule has 50 valence electrons. The van der Waals surface area contributed by atoms with E-state index in [1.54, 1.807) is 12.3 Å². The van der Waals surface area contributed by atoms with Gasteiger partial charge in [0.05, 0.1) is 12.3 Å². The summed E-state index contributed by atoms with van der Waals surface area (Å²) in [6, 6.07) is 1.94. The van der Waals surface area contributed by atoms with E-state index in [9.17, 15) is 0 Å². The van der Waals surface area contributed by atoms with Gasteiger partial charge in [-0.3, -0.25) is 0 Å². The third-order valence-electron chi connectivity index (χ3n) is 1.12. The smallest absolute Gasteiger partial charge is 0.101 e. The molecule has 0 radical (unpaired) electrons. The van der Waals surface area contributed by atoms with Crippen molar-refractivity contribution in [3.63, 3.8) is 0 Å². The van der Waals surface area contributed by atoms with Crippen LogP contribution in [0.4, 0.5) is 0 Å². The van der Waals surface area contributed by atoms with E-state index in [1.807, 2.05) is 19.1 Å². The standard InChI is InChI=1S/C8H7NO/c1-7-6-8(2-4-9)3-5-10-7/h2-3,5-6H,1H3. The van der Waals surface area contributed by atoms with Crippen LogP contribution in [0.15, 0.2) is 35.8 Å². The Bertz CT molecular complexity index is 253. The lowest BCUT2D eigenvalue weighted by atomic mass is 10.2. The first kappa shape index (κ1) is 6.63. The molecule has 0 N–H and O–H groups in total. The number of ether oxygens (including phenoxy) is 1. The molecule has 0 saturated heterocycles. The van der Waals surface area contributed by atoms with Gasteiger partial charge in [-0.15, -0.1) is 0 Å². The molecule has 0 aromatic carbocycles. The van der Waals surface area contributed by atoms with Crippen LogP contribution in [0.2, 0.25) is 0 Å². The maximum atomic E-state index is 8.27. The van der Waals surface area contributed by atoms with Gasteiger partial charge in [0.1, 0.15) is 5.76 Å². The van der Waals surface area contributed by atoms with Gasteiger partial charge in [-0.05, 0) is 24.6 Å². The fraction of sp³-hybridized carbons (Fsp3) is 0.125.